The van der Waals surface area contributed by atoms with Gasteiger partial charge in [-0.2, -0.15) is 0 Å². The largest absolute Gasteiger partial charge is 0 e. The SMILES string of the molecule is [2H]C(C)(C)c1cnc(-c2[c-]cc(F)c3c2oc2cc(-c4ccccc4)ccc23)cc1C([2H])([2H])C1CCCC1.[2H]C([2H])(c1cc(-c2[c-]ccc(N(C)c3ccccc3)c2)nc[c]1[Ge]([CH3])([CH3])[CH3])C(C)(C)C.[Ir]. The van der Waals surface area contributed by atoms with E-state index in [1.807, 2.05) is 119 Å². The summed E-state index contributed by atoms with van der Waals surface area (Å²) in [4.78, 5) is 11.5. The van der Waals surface area contributed by atoms with Crippen LogP contribution in [0.15, 0.2) is 132 Å². The van der Waals surface area contributed by atoms with Crippen LogP contribution in [0.4, 0.5) is 15.8 Å². The van der Waals surface area contributed by atoms with Gasteiger partial charge < -0.3 is 9.40 Å². The number of aromatic nitrogens is 2. The number of halogens is 1. The Morgan fingerprint density at radius 1 is 0.831 bits per heavy atom. The topological polar surface area (TPSA) is 42.2 Å². The Morgan fingerprint density at radius 3 is 2.18 bits per heavy atom. The molecule has 0 amide bonds. The van der Waals surface area contributed by atoms with Crippen molar-refractivity contribution in [1.82, 2.24) is 9.97 Å². The summed E-state index contributed by atoms with van der Waals surface area (Å²) < 4.78 is 67.4. The van der Waals surface area contributed by atoms with Crippen molar-refractivity contribution < 1.29 is 35.8 Å². The van der Waals surface area contributed by atoms with E-state index in [1.165, 1.54) is 6.07 Å². The van der Waals surface area contributed by atoms with Gasteiger partial charge in [0.25, 0.3) is 0 Å². The molecule has 8 aromatic rings. The van der Waals surface area contributed by atoms with Crippen molar-refractivity contribution in [3.8, 4) is 33.6 Å². The predicted molar refractivity (Wildman–Crippen MR) is 270 cm³/mol. The predicted octanol–water partition coefficient (Wildman–Crippen LogP) is 15.6. The van der Waals surface area contributed by atoms with E-state index < -0.39 is 43.1 Å². The first kappa shape index (κ1) is 41.5. The number of furan rings is 1. The van der Waals surface area contributed by atoms with Crippen LogP contribution in [0.2, 0.25) is 17.3 Å². The van der Waals surface area contributed by atoms with Crippen molar-refractivity contribution in [2.75, 3.05) is 11.9 Å². The molecule has 1 saturated carbocycles. The first-order valence-corrected chi connectivity index (χ1v) is 29.8. The van der Waals surface area contributed by atoms with Crippen LogP contribution in [-0.4, -0.2) is 30.3 Å². The molecule has 0 atom stereocenters. The molecule has 1 aliphatic rings. The number of fused-ring (bicyclic) bond motifs is 3. The van der Waals surface area contributed by atoms with E-state index in [9.17, 15) is 0 Å². The molecular weight excluding hydrogens is 1040 g/mol. The molecule has 337 valence electrons. The number of anilines is 2. The first-order chi connectivity index (χ1) is 32.5. The fourth-order valence-electron chi connectivity index (χ4n) is 8.50. The van der Waals surface area contributed by atoms with Crippen LogP contribution in [0.5, 0.6) is 0 Å². The standard InChI is InChI=1S/C32H29FNO.C26H33GeN2.Ir/c1-20(2)27-19-34-29(17-24(27)16-21-8-6-7-9-21)25-14-15-28(33)31-26-13-12-23(18-30(26)35-32(25)31)22-10-4-3-5-11-22;1-26(2,3)18-21-17-25(28-19-24(21)27(4,5)6)20-12-11-15-23(16-20)29(7)22-13-9-8-10-14-22;/h3-5,10-13,15,17-21H,6-9,16H2,1-2H3;8-11,13-17,19H,18H2,1-7H3;/q2*-1;/i16D2,20D;18D2;. The Labute approximate surface area is 409 Å². The van der Waals surface area contributed by atoms with E-state index in [-0.39, 0.29) is 26.0 Å². The van der Waals surface area contributed by atoms with Gasteiger partial charge in [-0.15, -0.1) is 12.1 Å². The zero-order valence-corrected chi connectivity index (χ0v) is 43.5. The van der Waals surface area contributed by atoms with Gasteiger partial charge in [-0.05, 0) is 57.6 Å². The average Bonchev–Trinajstić information content (AvgIpc) is 4.01. The van der Waals surface area contributed by atoms with E-state index >= 15 is 4.39 Å². The number of benzene rings is 5. The third-order valence-corrected chi connectivity index (χ3v) is 16.1. The van der Waals surface area contributed by atoms with Crippen LogP contribution in [0.25, 0.3) is 55.6 Å². The fourth-order valence-corrected chi connectivity index (χ4v) is 11.4. The normalized spacial score (nSPS) is 15.0. The monoisotopic (exact) mass is 1110 g/mol. The van der Waals surface area contributed by atoms with Gasteiger partial charge in [-0.3, -0.25) is 4.39 Å². The molecule has 4 nitrogen and oxygen atoms in total. The van der Waals surface area contributed by atoms with E-state index in [0.29, 0.717) is 44.3 Å². The maximum Gasteiger partial charge on any atom is 0 e. The smallest absolute Gasteiger partial charge is 0 e. The molecule has 0 bridgehead atoms. The van der Waals surface area contributed by atoms with Gasteiger partial charge in [0.1, 0.15) is 5.58 Å². The van der Waals surface area contributed by atoms with Gasteiger partial charge in [-0.1, -0.05) is 93.6 Å². The molecule has 0 N–H and O–H groups in total. The zero-order valence-electron chi connectivity index (χ0n) is 44.0. The molecule has 3 heterocycles. The van der Waals surface area contributed by atoms with Gasteiger partial charge in [0, 0.05) is 41.6 Å². The van der Waals surface area contributed by atoms with E-state index in [2.05, 4.69) is 57.5 Å². The molecular formula is C58H62FGeIrN3O-2. The Balaban J connectivity index is 0.000000208. The molecule has 1 aliphatic carbocycles. The molecule has 1 fully saturated rings. The van der Waals surface area contributed by atoms with Crippen LogP contribution < -0.4 is 9.30 Å². The Hall–Kier alpha value is -4.88. The third-order valence-electron chi connectivity index (χ3n) is 11.8. The second-order valence-corrected chi connectivity index (χ2v) is 29.8. The third kappa shape index (κ3) is 11.2. The number of para-hydroxylation sites is 1. The summed E-state index contributed by atoms with van der Waals surface area (Å²) in [5.74, 6) is 5.31. The zero-order chi connectivity index (χ0) is 49.7. The van der Waals surface area contributed by atoms with E-state index in [0.717, 1.165) is 69.4 Å². The summed E-state index contributed by atoms with van der Waals surface area (Å²) in [6.45, 7) is 9.41. The molecule has 65 heavy (non-hydrogen) atoms. The summed E-state index contributed by atoms with van der Waals surface area (Å²) in [5, 5.41) is 1.03. The maximum absolute atomic E-state index is 15.2. The molecule has 0 aliphatic heterocycles. The number of hydrogen-bond donors (Lipinski definition) is 0. The molecule has 5 aromatic carbocycles. The summed E-state index contributed by atoms with van der Waals surface area (Å²) in [6.07, 6.45) is 4.12. The number of hydrogen-bond acceptors (Lipinski definition) is 4. The molecule has 1 radical (unpaired) electrons. The van der Waals surface area contributed by atoms with Gasteiger partial charge in [0.15, 0.2) is 0 Å². The molecule has 9 rings (SSSR count). The molecule has 0 unspecified atom stereocenters. The van der Waals surface area contributed by atoms with Crippen LogP contribution >= 0.6 is 0 Å². The number of nitrogens with zero attached hydrogens (tertiary/aromatic N) is 3. The average molecular weight is 1110 g/mol. The summed E-state index contributed by atoms with van der Waals surface area (Å²) in [6, 6.07) is 43.3. The van der Waals surface area contributed by atoms with Crippen LogP contribution in [0, 0.1) is 29.3 Å². The van der Waals surface area contributed by atoms with Crippen LogP contribution in [-0.2, 0) is 32.9 Å². The Morgan fingerprint density at radius 2 is 1.51 bits per heavy atom. The van der Waals surface area contributed by atoms with E-state index in [1.54, 1.807) is 26.1 Å². The maximum atomic E-state index is 15.2. The molecule has 3 aromatic heterocycles. The van der Waals surface area contributed by atoms with Gasteiger partial charge >= 0.3 is 182 Å². The van der Waals surface area contributed by atoms with Crippen molar-refractivity contribution in [3.05, 3.63) is 162 Å². The first-order valence-electron chi connectivity index (χ1n) is 24.9. The summed E-state index contributed by atoms with van der Waals surface area (Å²) in [7, 11) is 2.04. The van der Waals surface area contributed by atoms with E-state index in [4.69, 9.17) is 16.3 Å². The minimum absolute atomic E-state index is 0. The number of rotatable bonds is 10. The quantitative estimate of drug-likeness (QED) is 0.101. The van der Waals surface area contributed by atoms with Crippen molar-refractivity contribution in [3.63, 3.8) is 0 Å². The Bertz CT molecular complexity index is 3120. The second kappa shape index (κ2) is 20.3. The summed E-state index contributed by atoms with van der Waals surface area (Å²) in [5.41, 5.74) is 8.94. The number of pyridine rings is 2. The molecule has 7 heteroatoms. The fraction of sp³-hybridized carbons (Fsp3) is 0.310. The minimum Gasteiger partial charge on any atom is 0 e. The van der Waals surface area contributed by atoms with Crippen LogP contribution in [0.3, 0.4) is 0 Å². The van der Waals surface area contributed by atoms with Gasteiger partial charge in [0.2, 0.25) is 0 Å². The summed E-state index contributed by atoms with van der Waals surface area (Å²) >= 11 is -2.34. The van der Waals surface area contributed by atoms with Crippen LogP contribution in [0.1, 0.15) is 89.7 Å². The van der Waals surface area contributed by atoms with Crippen molar-refractivity contribution in [2.45, 2.75) is 96.2 Å². The van der Waals surface area contributed by atoms with Gasteiger partial charge in [-0.25, -0.2) is 0 Å². The van der Waals surface area contributed by atoms with Crippen molar-refractivity contribution in [1.29, 1.82) is 0 Å². The molecule has 0 saturated heterocycles. The minimum atomic E-state index is -2.34. The van der Waals surface area contributed by atoms with Crippen molar-refractivity contribution in [2.24, 2.45) is 11.3 Å². The van der Waals surface area contributed by atoms with Gasteiger partial charge in [0.05, 0.1) is 5.58 Å². The van der Waals surface area contributed by atoms with Crippen molar-refractivity contribution >= 4 is 51.0 Å². The molecule has 0 spiro atoms. The second-order valence-electron chi connectivity index (χ2n) is 19.2. The Kier molecular flexibility index (Phi) is 13.0.